The van der Waals surface area contributed by atoms with E-state index in [1.54, 1.807) is 6.92 Å². The number of benzene rings is 1. The summed E-state index contributed by atoms with van der Waals surface area (Å²) in [5.41, 5.74) is 8.25. The molecule has 0 heterocycles. The van der Waals surface area contributed by atoms with Crippen molar-refractivity contribution in [1.82, 2.24) is 0 Å². The van der Waals surface area contributed by atoms with Crippen molar-refractivity contribution in [3.8, 4) is 0 Å². The number of aryl methyl sites for hydroxylation is 1. The normalized spacial score (nSPS) is 12.2. The maximum Gasteiger partial charge on any atom is 0.307 e. The Labute approximate surface area is 96.6 Å². The molecule has 2 N–H and O–H groups in total. The SMILES string of the molecule is CCOC(=O)C[C@H](N)Cc1ccc(C)cc1. The van der Waals surface area contributed by atoms with E-state index in [4.69, 9.17) is 10.5 Å². The second-order valence-electron chi connectivity index (χ2n) is 3.96. The summed E-state index contributed by atoms with van der Waals surface area (Å²) in [5.74, 6) is -0.220. The maximum atomic E-state index is 11.2. The topological polar surface area (TPSA) is 52.3 Å². The summed E-state index contributed by atoms with van der Waals surface area (Å²) in [5, 5.41) is 0. The Morgan fingerprint density at radius 2 is 2.00 bits per heavy atom. The highest BCUT2D eigenvalue weighted by Crippen LogP contribution is 2.07. The summed E-state index contributed by atoms with van der Waals surface area (Å²) < 4.78 is 4.85. The van der Waals surface area contributed by atoms with Gasteiger partial charge in [0.05, 0.1) is 13.0 Å². The predicted octanol–water partition coefficient (Wildman–Crippen LogP) is 1.82. The van der Waals surface area contributed by atoms with Gasteiger partial charge in [0.15, 0.2) is 0 Å². The average molecular weight is 221 g/mol. The Kier molecular flexibility index (Phi) is 4.99. The van der Waals surface area contributed by atoms with Gasteiger partial charge in [0.1, 0.15) is 0 Å². The van der Waals surface area contributed by atoms with E-state index in [0.717, 1.165) is 5.56 Å². The van der Waals surface area contributed by atoms with Crippen molar-refractivity contribution in [2.45, 2.75) is 32.7 Å². The molecular formula is C13H19NO2. The third-order valence-corrected chi connectivity index (χ3v) is 2.35. The molecule has 16 heavy (non-hydrogen) atoms. The van der Waals surface area contributed by atoms with Gasteiger partial charge >= 0.3 is 5.97 Å². The quantitative estimate of drug-likeness (QED) is 0.772. The van der Waals surface area contributed by atoms with E-state index >= 15 is 0 Å². The minimum atomic E-state index is -0.220. The minimum absolute atomic E-state index is 0.165. The second-order valence-corrected chi connectivity index (χ2v) is 3.96. The van der Waals surface area contributed by atoms with Gasteiger partial charge in [-0.15, -0.1) is 0 Å². The third-order valence-electron chi connectivity index (χ3n) is 2.35. The summed E-state index contributed by atoms with van der Waals surface area (Å²) in [6.07, 6.45) is 0.987. The van der Waals surface area contributed by atoms with Crippen LogP contribution in [0.1, 0.15) is 24.5 Å². The average Bonchev–Trinajstić information content (AvgIpc) is 2.21. The van der Waals surface area contributed by atoms with Crippen molar-refractivity contribution in [1.29, 1.82) is 0 Å². The molecule has 0 fully saturated rings. The maximum absolute atomic E-state index is 11.2. The van der Waals surface area contributed by atoms with Crippen LogP contribution in [0.3, 0.4) is 0 Å². The molecule has 0 radical (unpaired) electrons. The van der Waals surface area contributed by atoms with Crippen molar-refractivity contribution in [2.75, 3.05) is 6.61 Å². The minimum Gasteiger partial charge on any atom is -0.466 e. The molecule has 0 saturated heterocycles. The van der Waals surface area contributed by atoms with Crippen LogP contribution >= 0.6 is 0 Å². The molecule has 0 saturated carbocycles. The van der Waals surface area contributed by atoms with E-state index in [9.17, 15) is 4.79 Å². The number of ether oxygens (including phenoxy) is 1. The molecular weight excluding hydrogens is 202 g/mol. The van der Waals surface area contributed by atoms with Crippen LogP contribution < -0.4 is 5.73 Å². The molecule has 0 unspecified atom stereocenters. The number of rotatable bonds is 5. The summed E-state index contributed by atoms with van der Waals surface area (Å²) in [7, 11) is 0. The number of carbonyl (C=O) groups is 1. The Hall–Kier alpha value is -1.35. The zero-order chi connectivity index (χ0) is 12.0. The molecule has 3 nitrogen and oxygen atoms in total. The van der Waals surface area contributed by atoms with Crippen LogP contribution in [0, 0.1) is 6.92 Å². The molecule has 0 aliphatic rings. The Bertz CT molecular complexity index is 332. The summed E-state index contributed by atoms with van der Waals surface area (Å²) in [6, 6.07) is 8.02. The highest BCUT2D eigenvalue weighted by molar-refractivity contribution is 5.70. The molecule has 0 aliphatic heterocycles. The van der Waals surface area contributed by atoms with Crippen LogP contribution in [-0.2, 0) is 16.0 Å². The van der Waals surface area contributed by atoms with E-state index in [2.05, 4.69) is 0 Å². The molecule has 3 heteroatoms. The lowest BCUT2D eigenvalue weighted by molar-refractivity contribution is -0.143. The third kappa shape index (κ3) is 4.45. The van der Waals surface area contributed by atoms with Gasteiger partial charge in [0.2, 0.25) is 0 Å². The lowest BCUT2D eigenvalue weighted by Crippen LogP contribution is -2.27. The summed E-state index contributed by atoms with van der Waals surface area (Å²) in [4.78, 5) is 11.2. The molecule has 0 bridgehead atoms. The fourth-order valence-corrected chi connectivity index (χ4v) is 1.53. The van der Waals surface area contributed by atoms with E-state index in [0.29, 0.717) is 13.0 Å². The van der Waals surface area contributed by atoms with Crippen LogP contribution in [0.15, 0.2) is 24.3 Å². The highest BCUT2D eigenvalue weighted by atomic mass is 16.5. The molecule has 1 atom stereocenters. The van der Waals surface area contributed by atoms with Crippen LogP contribution in [0.4, 0.5) is 0 Å². The largest absolute Gasteiger partial charge is 0.466 e. The first-order valence-corrected chi connectivity index (χ1v) is 5.58. The number of nitrogens with two attached hydrogens (primary N) is 1. The molecule has 1 rings (SSSR count). The standard InChI is InChI=1S/C13H19NO2/c1-3-16-13(15)9-12(14)8-11-6-4-10(2)5-7-11/h4-7,12H,3,8-9,14H2,1-2H3/t12-/m1/s1. The van der Waals surface area contributed by atoms with Crippen LogP contribution in [0.2, 0.25) is 0 Å². The Morgan fingerprint density at radius 3 is 2.56 bits per heavy atom. The van der Waals surface area contributed by atoms with Gasteiger partial charge < -0.3 is 10.5 Å². The molecule has 88 valence electrons. The van der Waals surface area contributed by atoms with E-state index in [1.165, 1.54) is 5.56 Å². The first kappa shape index (κ1) is 12.7. The van der Waals surface area contributed by atoms with E-state index < -0.39 is 0 Å². The lowest BCUT2D eigenvalue weighted by Gasteiger charge is -2.10. The van der Waals surface area contributed by atoms with Crippen LogP contribution in [0.5, 0.6) is 0 Å². The molecule has 0 aliphatic carbocycles. The zero-order valence-electron chi connectivity index (χ0n) is 9.90. The summed E-state index contributed by atoms with van der Waals surface area (Å²) in [6.45, 7) is 4.25. The van der Waals surface area contributed by atoms with Gasteiger partial charge in [0, 0.05) is 6.04 Å². The van der Waals surface area contributed by atoms with E-state index in [1.807, 2.05) is 31.2 Å². The van der Waals surface area contributed by atoms with Crippen LogP contribution in [-0.4, -0.2) is 18.6 Å². The molecule has 0 aromatic heterocycles. The van der Waals surface area contributed by atoms with Gasteiger partial charge in [-0.05, 0) is 25.8 Å². The van der Waals surface area contributed by atoms with Gasteiger partial charge in [-0.3, -0.25) is 4.79 Å². The molecule has 0 spiro atoms. The fourth-order valence-electron chi connectivity index (χ4n) is 1.53. The number of esters is 1. The number of carbonyl (C=O) groups excluding carboxylic acids is 1. The second kappa shape index (κ2) is 6.28. The van der Waals surface area contributed by atoms with Gasteiger partial charge in [0.25, 0.3) is 0 Å². The Balaban J connectivity index is 2.42. The first-order chi connectivity index (χ1) is 7.61. The Morgan fingerprint density at radius 1 is 1.38 bits per heavy atom. The van der Waals surface area contributed by atoms with Gasteiger partial charge in [-0.2, -0.15) is 0 Å². The van der Waals surface area contributed by atoms with Crippen molar-refractivity contribution in [2.24, 2.45) is 5.73 Å². The van der Waals surface area contributed by atoms with Crippen molar-refractivity contribution >= 4 is 5.97 Å². The van der Waals surface area contributed by atoms with Crippen molar-refractivity contribution < 1.29 is 9.53 Å². The first-order valence-electron chi connectivity index (χ1n) is 5.58. The highest BCUT2D eigenvalue weighted by Gasteiger charge is 2.10. The number of hydrogen-bond acceptors (Lipinski definition) is 3. The smallest absolute Gasteiger partial charge is 0.307 e. The molecule has 1 aromatic rings. The van der Waals surface area contributed by atoms with E-state index in [-0.39, 0.29) is 18.4 Å². The van der Waals surface area contributed by atoms with Crippen molar-refractivity contribution in [3.63, 3.8) is 0 Å². The number of hydrogen-bond donors (Lipinski definition) is 1. The van der Waals surface area contributed by atoms with Gasteiger partial charge in [-0.1, -0.05) is 29.8 Å². The predicted molar refractivity (Wildman–Crippen MR) is 64.1 cm³/mol. The lowest BCUT2D eigenvalue weighted by atomic mass is 10.0. The monoisotopic (exact) mass is 221 g/mol. The van der Waals surface area contributed by atoms with Gasteiger partial charge in [-0.25, -0.2) is 0 Å². The zero-order valence-corrected chi connectivity index (χ0v) is 9.90. The fraction of sp³-hybridized carbons (Fsp3) is 0.462. The molecule has 1 aromatic carbocycles. The van der Waals surface area contributed by atoms with Crippen molar-refractivity contribution in [3.05, 3.63) is 35.4 Å². The summed E-state index contributed by atoms with van der Waals surface area (Å²) >= 11 is 0. The van der Waals surface area contributed by atoms with Crippen LogP contribution in [0.25, 0.3) is 0 Å². The molecule has 0 amide bonds.